The van der Waals surface area contributed by atoms with Gasteiger partial charge in [0.1, 0.15) is 0 Å². The molecule has 0 bridgehead atoms. The van der Waals surface area contributed by atoms with Gasteiger partial charge >= 0.3 is 0 Å². The number of hydrogen-bond donors (Lipinski definition) is 2. The van der Waals surface area contributed by atoms with E-state index in [0.29, 0.717) is 25.4 Å². The lowest BCUT2D eigenvalue weighted by atomic mass is 9.84. The molecule has 21 heavy (non-hydrogen) atoms. The molecule has 0 aromatic carbocycles. The largest absolute Gasteiger partial charge is 0.351 e. The molecule has 1 aromatic rings. The lowest BCUT2D eigenvalue weighted by Crippen LogP contribution is -2.25. The van der Waals surface area contributed by atoms with Gasteiger partial charge in [0.05, 0.1) is 13.1 Å². The molecule has 3 nitrogen and oxygen atoms in total. The smallest absolute Gasteiger partial charge is 0.220 e. The molecule has 0 fully saturated rings. The minimum atomic E-state index is 0.109. The Hall–Kier alpha value is -1.31. The van der Waals surface area contributed by atoms with Crippen molar-refractivity contribution in [2.75, 3.05) is 6.54 Å². The van der Waals surface area contributed by atoms with Crippen molar-refractivity contribution < 1.29 is 4.79 Å². The molecule has 3 N–H and O–H groups in total. The van der Waals surface area contributed by atoms with Gasteiger partial charge in [0, 0.05) is 16.9 Å². The zero-order valence-corrected chi connectivity index (χ0v) is 14.3. The Morgan fingerprint density at radius 1 is 1.48 bits per heavy atom. The number of thiophene rings is 1. The summed E-state index contributed by atoms with van der Waals surface area (Å²) in [5, 5.41) is 4.98. The van der Waals surface area contributed by atoms with Crippen LogP contribution in [0.4, 0.5) is 0 Å². The Labute approximate surface area is 132 Å². The molecular formula is C17H26N2OS. The summed E-state index contributed by atoms with van der Waals surface area (Å²) in [6.07, 6.45) is 1.62. The van der Waals surface area contributed by atoms with Gasteiger partial charge in [-0.15, -0.1) is 11.3 Å². The van der Waals surface area contributed by atoms with Gasteiger partial charge in [-0.1, -0.05) is 39.5 Å². The van der Waals surface area contributed by atoms with Gasteiger partial charge in [0.15, 0.2) is 0 Å². The van der Waals surface area contributed by atoms with Crippen molar-refractivity contribution in [2.24, 2.45) is 17.1 Å². The Bertz CT molecular complexity index is 517. The summed E-state index contributed by atoms with van der Waals surface area (Å²) >= 11 is 1.61. The number of rotatable bonds is 5. The highest BCUT2D eigenvalue weighted by Crippen LogP contribution is 2.25. The van der Waals surface area contributed by atoms with E-state index < -0.39 is 0 Å². The second-order valence-electron chi connectivity index (χ2n) is 6.61. The van der Waals surface area contributed by atoms with Gasteiger partial charge in [-0.25, -0.2) is 0 Å². The average molecular weight is 306 g/mol. The minimum absolute atomic E-state index is 0.109. The maximum atomic E-state index is 12.0. The molecule has 0 aliphatic rings. The number of hydrogen-bond acceptors (Lipinski definition) is 3. The molecule has 0 spiro atoms. The van der Waals surface area contributed by atoms with E-state index in [1.165, 1.54) is 0 Å². The fraction of sp³-hybridized carbons (Fsp3) is 0.588. The van der Waals surface area contributed by atoms with Crippen LogP contribution in [0.3, 0.4) is 0 Å². The summed E-state index contributed by atoms with van der Waals surface area (Å²) in [5.74, 6) is 6.38. The normalized spacial score (nSPS) is 12.4. The number of nitrogens with one attached hydrogen (secondary N) is 1. The first kappa shape index (κ1) is 17.7. The van der Waals surface area contributed by atoms with Gasteiger partial charge < -0.3 is 11.1 Å². The van der Waals surface area contributed by atoms with Gasteiger partial charge in [-0.3, -0.25) is 4.79 Å². The Balaban J connectivity index is 2.45. The van der Waals surface area contributed by atoms with Crippen LogP contribution in [0.25, 0.3) is 0 Å². The number of carbonyl (C=O) groups is 1. The maximum Gasteiger partial charge on any atom is 0.220 e. The van der Waals surface area contributed by atoms with Crippen molar-refractivity contribution in [2.45, 2.75) is 47.1 Å². The van der Waals surface area contributed by atoms with E-state index in [1.807, 2.05) is 11.4 Å². The van der Waals surface area contributed by atoms with Crippen molar-refractivity contribution in [3.63, 3.8) is 0 Å². The van der Waals surface area contributed by atoms with Crippen molar-refractivity contribution in [1.82, 2.24) is 5.32 Å². The third kappa shape index (κ3) is 7.31. The molecule has 1 rings (SSSR count). The van der Waals surface area contributed by atoms with E-state index in [9.17, 15) is 4.79 Å². The Morgan fingerprint density at radius 3 is 2.81 bits per heavy atom. The lowest BCUT2D eigenvalue weighted by molar-refractivity contribution is -0.122. The van der Waals surface area contributed by atoms with Crippen LogP contribution in [0, 0.1) is 23.2 Å². The molecule has 1 atom stereocenters. The number of amides is 1. The molecule has 116 valence electrons. The van der Waals surface area contributed by atoms with Crippen LogP contribution < -0.4 is 11.1 Å². The first-order valence-corrected chi connectivity index (χ1v) is 8.22. The summed E-state index contributed by atoms with van der Waals surface area (Å²) < 4.78 is 0. The van der Waals surface area contributed by atoms with Crippen molar-refractivity contribution in [1.29, 1.82) is 0 Å². The second kappa shape index (κ2) is 8.21. The molecule has 1 unspecified atom stereocenters. The van der Waals surface area contributed by atoms with E-state index in [4.69, 9.17) is 5.73 Å². The van der Waals surface area contributed by atoms with Crippen LogP contribution in [-0.4, -0.2) is 12.5 Å². The highest BCUT2D eigenvalue weighted by Gasteiger charge is 2.17. The third-order valence-corrected chi connectivity index (χ3v) is 3.93. The van der Waals surface area contributed by atoms with Gasteiger partial charge in [-0.2, -0.15) is 0 Å². The summed E-state index contributed by atoms with van der Waals surface area (Å²) in [6.45, 7) is 9.65. The molecular weight excluding hydrogens is 280 g/mol. The summed E-state index contributed by atoms with van der Waals surface area (Å²) in [6, 6.07) is 1.97. The van der Waals surface area contributed by atoms with Crippen LogP contribution in [0.2, 0.25) is 0 Å². The quantitative estimate of drug-likeness (QED) is 0.821. The summed E-state index contributed by atoms with van der Waals surface area (Å²) in [7, 11) is 0. The topological polar surface area (TPSA) is 55.1 Å². The summed E-state index contributed by atoms with van der Waals surface area (Å²) in [4.78, 5) is 13.1. The standard InChI is InChI=1S/C17H26N2OS/c1-13(11-17(2,3)4)10-16(20)19-12-15-14(6-5-8-18)7-9-21-15/h7,9,13H,8,10-12,18H2,1-4H3,(H,19,20). The minimum Gasteiger partial charge on any atom is -0.351 e. The number of nitrogens with two attached hydrogens (primary N) is 1. The van der Waals surface area contributed by atoms with Crippen LogP contribution in [0.15, 0.2) is 11.4 Å². The second-order valence-corrected chi connectivity index (χ2v) is 7.61. The van der Waals surface area contributed by atoms with Crippen LogP contribution in [0.5, 0.6) is 0 Å². The lowest BCUT2D eigenvalue weighted by Gasteiger charge is -2.22. The molecule has 0 saturated heterocycles. The fourth-order valence-electron chi connectivity index (χ4n) is 2.42. The van der Waals surface area contributed by atoms with E-state index in [2.05, 4.69) is 44.9 Å². The maximum absolute atomic E-state index is 12.0. The Morgan fingerprint density at radius 2 is 2.19 bits per heavy atom. The highest BCUT2D eigenvalue weighted by atomic mass is 32.1. The van der Waals surface area contributed by atoms with Gasteiger partial charge in [-0.05, 0) is 29.2 Å². The molecule has 0 aliphatic carbocycles. The van der Waals surface area contributed by atoms with Crippen LogP contribution in [0.1, 0.15) is 51.0 Å². The average Bonchev–Trinajstić information content (AvgIpc) is 2.78. The Kier molecular flexibility index (Phi) is 6.94. The van der Waals surface area contributed by atoms with E-state index in [-0.39, 0.29) is 11.3 Å². The van der Waals surface area contributed by atoms with Crippen molar-refractivity contribution in [3.05, 3.63) is 21.9 Å². The first-order valence-electron chi connectivity index (χ1n) is 7.34. The number of carbonyl (C=O) groups excluding carboxylic acids is 1. The van der Waals surface area contributed by atoms with Crippen LogP contribution in [-0.2, 0) is 11.3 Å². The van der Waals surface area contributed by atoms with E-state index >= 15 is 0 Å². The van der Waals surface area contributed by atoms with Crippen LogP contribution >= 0.6 is 11.3 Å². The summed E-state index contributed by atoms with van der Waals surface area (Å²) in [5.41, 5.74) is 6.61. The molecule has 1 amide bonds. The molecule has 4 heteroatoms. The molecule has 1 heterocycles. The first-order chi connectivity index (χ1) is 9.81. The predicted molar refractivity (Wildman–Crippen MR) is 90.0 cm³/mol. The predicted octanol–water partition coefficient (Wildman–Crippen LogP) is 3.14. The zero-order valence-electron chi connectivity index (χ0n) is 13.5. The molecule has 1 aromatic heterocycles. The SMILES string of the molecule is CC(CC(=O)NCc1sccc1C#CCN)CC(C)(C)C. The van der Waals surface area contributed by atoms with E-state index in [0.717, 1.165) is 16.9 Å². The molecule has 0 saturated carbocycles. The molecule has 0 radical (unpaired) electrons. The monoisotopic (exact) mass is 306 g/mol. The van der Waals surface area contributed by atoms with E-state index in [1.54, 1.807) is 11.3 Å². The van der Waals surface area contributed by atoms with Gasteiger partial charge in [0.25, 0.3) is 0 Å². The van der Waals surface area contributed by atoms with Gasteiger partial charge in [0.2, 0.25) is 5.91 Å². The highest BCUT2D eigenvalue weighted by molar-refractivity contribution is 7.10. The third-order valence-electron chi connectivity index (χ3n) is 3.01. The molecule has 0 aliphatic heterocycles. The van der Waals surface area contributed by atoms with Crippen molar-refractivity contribution >= 4 is 17.2 Å². The zero-order chi connectivity index (χ0) is 15.9. The van der Waals surface area contributed by atoms with Crippen molar-refractivity contribution in [3.8, 4) is 11.8 Å². The fourth-order valence-corrected chi connectivity index (χ4v) is 3.19.